The number of anilines is 1. The van der Waals surface area contributed by atoms with Crippen molar-refractivity contribution < 1.29 is 14.7 Å². The maximum Gasteiger partial charge on any atom is 0.238 e. The molecule has 1 aromatic rings. The SMILES string of the molecule is CCN(CC)CCCNCC(=O)Nc1cccc(F)c1.Cl.Cl.O. The van der Waals surface area contributed by atoms with Gasteiger partial charge < -0.3 is 21.0 Å². The number of amides is 1. The first-order chi connectivity index (χ1) is 9.65. The number of hydrogen-bond donors (Lipinski definition) is 2. The number of benzene rings is 1. The summed E-state index contributed by atoms with van der Waals surface area (Å²) >= 11 is 0. The minimum absolute atomic E-state index is 0. The number of rotatable bonds is 9. The molecule has 136 valence electrons. The van der Waals surface area contributed by atoms with E-state index in [-0.39, 0.29) is 48.6 Å². The standard InChI is InChI=1S/C15H24FN3O.2ClH.H2O/c1-3-19(4-2)10-6-9-17-12-15(20)18-14-8-5-7-13(16)11-14;;;/h5,7-8,11,17H,3-4,6,9-10,12H2,1-2H3,(H,18,20);2*1H;1H2. The molecule has 0 bridgehead atoms. The second-order valence-electron chi connectivity index (χ2n) is 4.62. The van der Waals surface area contributed by atoms with E-state index in [9.17, 15) is 9.18 Å². The molecule has 0 aromatic heterocycles. The highest BCUT2D eigenvalue weighted by Crippen LogP contribution is 2.08. The van der Waals surface area contributed by atoms with Crippen molar-refractivity contribution in [2.24, 2.45) is 0 Å². The molecule has 0 heterocycles. The zero-order valence-corrected chi connectivity index (χ0v) is 15.2. The van der Waals surface area contributed by atoms with Gasteiger partial charge in [-0.1, -0.05) is 19.9 Å². The lowest BCUT2D eigenvalue weighted by Crippen LogP contribution is -2.31. The summed E-state index contributed by atoms with van der Waals surface area (Å²) in [5.74, 6) is -0.506. The number of carbonyl (C=O) groups is 1. The van der Waals surface area contributed by atoms with Crippen LogP contribution in [0.15, 0.2) is 24.3 Å². The second kappa shape index (κ2) is 16.0. The summed E-state index contributed by atoms with van der Waals surface area (Å²) in [5.41, 5.74) is 0.486. The molecular formula is C15H28Cl2FN3O2. The zero-order chi connectivity index (χ0) is 14.8. The van der Waals surface area contributed by atoms with Crippen molar-refractivity contribution in [1.82, 2.24) is 10.2 Å². The second-order valence-corrected chi connectivity index (χ2v) is 4.62. The van der Waals surface area contributed by atoms with Crippen LogP contribution in [0.5, 0.6) is 0 Å². The summed E-state index contributed by atoms with van der Waals surface area (Å²) in [4.78, 5) is 14.0. The third-order valence-corrected chi connectivity index (χ3v) is 3.12. The first-order valence-electron chi connectivity index (χ1n) is 7.14. The first-order valence-corrected chi connectivity index (χ1v) is 7.14. The van der Waals surface area contributed by atoms with Gasteiger partial charge in [0.1, 0.15) is 5.82 Å². The molecule has 0 unspecified atom stereocenters. The lowest BCUT2D eigenvalue weighted by molar-refractivity contribution is -0.115. The van der Waals surface area contributed by atoms with Gasteiger partial charge in [0.15, 0.2) is 0 Å². The largest absolute Gasteiger partial charge is 0.412 e. The summed E-state index contributed by atoms with van der Waals surface area (Å²) in [6, 6.07) is 5.89. The van der Waals surface area contributed by atoms with E-state index in [0.717, 1.165) is 32.6 Å². The van der Waals surface area contributed by atoms with Crippen LogP contribution >= 0.6 is 24.8 Å². The molecule has 5 nitrogen and oxygen atoms in total. The summed E-state index contributed by atoms with van der Waals surface area (Å²) in [6.07, 6.45) is 1.01. The van der Waals surface area contributed by atoms with Crippen LogP contribution in [-0.4, -0.2) is 49.0 Å². The van der Waals surface area contributed by atoms with Crippen LogP contribution in [-0.2, 0) is 4.79 Å². The predicted molar refractivity (Wildman–Crippen MR) is 98.4 cm³/mol. The number of hydrogen-bond acceptors (Lipinski definition) is 3. The summed E-state index contributed by atoms with van der Waals surface area (Å²) < 4.78 is 12.9. The quantitative estimate of drug-likeness (QED) is 0.652. The van der Waals surface area contributed by atoms with Gasteiger partial charge in [-0.2, -0.15) is 0 Å². The van der Waals surface area contributed by atoms with Crippen LogP contribution in [0, 0.1) is 5.82 Å². The van der Waals surface area contributed by atoms with E-state index in [2.05, 4.69) is 29.4 Å². The van der Waals surface area contributed by atoms with Gasteiger partial charge in [-0.25, -0.2) is 4.39 Å². The Bertz CT molecular complexity index is 421. The van der Waals surface area contributed by atoms with E-state index >= 15 is 0 Å². The third kappa shape index (κ3) is 12.2. The molecule has 0 atom stereocenters. The molecule has 0 saturated carbocycles. The van der Waals surface area contributed by atoms with Crippen LogP contribution < -0.4 is 10.6 Å². The lowest BCUT2D eigenvalue weighted by Gasteiger charge is -2.17. The van der Waals surface area contributed by atoms with Gasteiger partial charge in [-0.3, -0.25) is 4.79 Å². The van der Waals surface area contributed by atoms with Crippen molar-refractivity contribution in [2.75, 3.05) is 38.0 Å². The highest BCUT2D eigenvalue weighted by molar-refractivity contribution is 5.92. The summed E-state index contributed by atoms with van der Waals surface area (Å²) in [5, 5.41) is 5.74. The highest BCUT2D eigenvalue weighted by Gasteiger charge is 2.03. The molecular weight excluding hydrogens is 344 g/mol. The van der Waals surface area contributed by atoms with Gasteiger partial charge in [0, 0.05) is 5.69 Å². The molecule has 23 heavy (non-hydrogen) atoms. The fourth-order valence-electron chi connectivity index (χ4n) is 1.94. The van der Waals surface area contributed by atoms with E-state index in [1.807, 2.05) is 0 Å². The van der Waals surface area contributed by atoms with Crippen LogP contribution in [0.4, 0.5) is 10.1 Å². The number of nitrogens with one attached hydrogen (secondary N) is 2. The molecule has 0 saturated heterocycles. The minimum Gasteiger partial charge on any atom is -0.412 e. The molecule has 4 N–H and O–H groups in total. The molecule has 0 fully saturated rings. The molecule has 0 aliphatic carbocycles. The maximum atomic E-state index is 12.9. The number of carbonyl (C=O) groups excluding carboxylic acids is 1. The Labute approximate surface area is 150 Å². The van der Waals surface area contributed by atoms with Crippen LogP contribution in [0.25, 0.3) is 0 Å². The molecule has 1 amide bonds. The zero-order valence-electron chi connectivity index (χ0n) is 13.6. The fraction of sp³-hybridized carbons (Fsp3) is 0.533. The molecule has 8 heteroatoms. The number of halogens is 3. The van der Waals surface area contributed by atoms with Crippen LogP contribution in [0.3, 0.4) is 0 Å². The van der Waals surface area contributed by atoms with Gasteiger partial charge >= 0.3 is 0 Å². The molecule has 0 aliphatic heterocycles. The molecule has 0 radical (unpaired) electrons. The first kappa shape index (κ1) is 27.0. The average molecular weight is 372 g/mol. The van der Waals surface area contributed by atoms with Gasteiger partial charge in [0.25, 0.3) is 0 Å². The fourth-order valence-corrected chi connectivity index (χ4v) is 1.94. The van der Waals surface area contributed by atoms with Gasteiger partial charge in [0.05, 0.1) is 6.54 Å². The average Bonchev–Trinajstić information content (AvgIpc) is 2.43. The molecule has 1 rings (SSSR count). The molecule has 0 aliphatic rings. The predicted octanol–water partition coefficient (Wildman–Crippen LogP) is 2.10. The van der Waals surface area contributed by atoms with E-state index in [4.69, 9.17) is 0 Å². The van der Waals surface area contributed by atoms with Crippen molar-refractivity contribution in [2.45, 2.75) is 20.3 Å². The molecule has 1 aromatic carbocycles. The van der Waals surface area contributed by atoms with Crippen molar-refractivity contribution in [3.63, 3.8) is 0 Å². The molecule has 0 spiro atoms. The van der Waals surface area contributed by atoms with Crippen molar-refractivity contribution in [3.05, 3.63) is 30.1 Å². The topological polar surface area (TPSA) is 75.9 Å². The van der Waals surface area contributed by atoms with Gasteiger partial charge in [-0.15, -0.1) is 24.8 Å². The monoisotopic (exact) mass is 371 g/mol. The van der Waals surface area contributed by atoms with E-state index in [0.29, 0.717) is 5.69 Å². The summed E-state index contributed by atoms with van der Waals surface area (Å²) in [6.45, 7) is 8.47. The smallest absolute Gasteiger partial charge is 0.238 e. The Morgan fingerprint density at radius 2 is 1.87 bits per heavy atom. The van der Waals surface area contributed by atoms with E-state index in [1.165, 1.54) is 12.1 Å². The van der Waals surface area contributed by atoms with Crippen LogP contribution in [0.2, 0.25) is 0 Å². The van der Waals surface area contributed by atoms with E-state index in [1.54, 1.807) is 12.1 Å². The normalized spacial score (nSPS) is 9.39. The Morgan fingerprint density at radius 3 is 2.43 bits per heavy atom. The third-order valence-electron chi connectivity index (χ3n) is 3.12. The van der Waals surface area contributed by atoms with Crippen molar-refractivity contribution in [3.8, 4) is 0 Å². The lowest BCUT2D eigenvalue weighted by atomic mass is 10.3. The summed E-state index contributed by atoms with van der Waals surface area (Å²) in [7, 11) is 0. The Hall–Kier alpha value is -0.920. The minimum atomic E-state index is -0.352. The van der Waals surface area contributed by atoms with Crippen molar-refractivity contribution in [1.29, 1.82) is 0 Å². The van der Waals surface area contributed by atoms with Gasteiger partial charge in [0.2, 0.25) is 5.91 Å². The Morgan fingerprint density at radius 1 is 1.22 bits per heavy atom. The maximum absolute atomic E-state index is 12.9. The van der Waals surface area contributed by atoms with Gasteiger partial charge in [-0.05, 0) is 50.8 Å². The Balaban J connectivity index is -0.00000133. The highest BCUT2D eigenvalue weighted by atomic mass is 35.5. The Kier molecular flexibility index (Phi) is 18.7. The van der Waals surface area contributed by atoms with Crippen LogP contribution in [0.1, 0.15) is 20.3 Å². The van der Waals surface area contributed by atoms with Crippen molar-refractivity contribution >= 4 is 36.4 Å². The number of nitrogens with zero attached hydrogens (tertiary/aromatic N) is 1. The van der Waals surface area contributed by atoms with E-state index < -0.39 is 0 Å².